The lowest BCUT2D eigenvalue weighted by atomic mass is 10.0. The minimum atomic E-state index is -0.0313. The molecule has 0 atom stereocenters. The van der Waals surface area contributed by atoms with Crippen molar-refractivity contribution in [3.05, 3.63) is 0 Å². The van der Waals surface area contributed by atoms with E-state index in [1.807, 2.05) is 0 Å². The zero-order valence-corrected chi connectivity index (χ0v) is 47.2. The van der Waals surface area contributed by atoms with Gasteiger partial charge in [0.05, 0.1) is 1.93 Å². The van der Waals surface area contributed by atoms with Crippen LogP contribution in [-0.4, -0.2) is 9.94 Å². The Morgan fingerprint density at radius 2 is 0.680 bits per heavy atom. The van der Waals surface area contributed by atoms with Gasteiger partial charge in [0, 0.05) is 0 Å². The minimum absolute atomic E-state index is 0.00534. The number of alkyl halides is 17. The first kappa shape index (κ1) is 37.4. The molecule has 0 heterocycles. The molecule has 0 rings (SSSR count). The number of hydrogen-bond acceptors (Lipinski definition) is 0. The fourth-order valence-electron chi connectivity index (χ4n) is 1.28. The second-order valence-corrected chi connectivity index (χ2v) is 54.3. The zero-order valence-electron chi connectivity index (χ0n) is 10.5. The normalized spacial score (nSPS) is 16.6. The molecule has 17 heteroatoms. The summed E-state index contributed by atoms with van der Waals surface area (Å²) >= 11 is 45.5. The molecule has 0 aliphatic rings. The molecule has 0 radical (unpaired) electrons. The van der Waals surface area contributed by atoms with Crippen molar-refractivity contribution in [3.8, 4) is 0 Å². The van der Waals surface area contributed by atoms with E-state index in [-0.39, 0.29) is 8.01 Å². The third-order valence-electron chi connectivity index (χ3n) is 2.70. The van der Waals surface area contributed by atoms with Gasteiger partial charge in [0.15, 0.2) is 0 Å². The average Bonchev–Trinajstić information content (AvgIpc) is 2.33. The van der Waals surface area contributed by atoms with Crippen molar-refractivity contribution in [2.24, 2.45) is 0 Å². The second kappa shape index (κ2) is 13.9. The van der Waals surface area contributed by atoms with Crippen LogP contribution in [0.15, 0.2) is 0 Å². The number of hydrogen-bond donors (Lipinski definition) is 0. The molecule has 0 bridgehead atoms. The van der Waals surface area contributed by atoms with Crippen molar-refractivity contribution >= 4 is 384 Å². The van der Waals surface area contributed by atoms with Gasteiger partial charge in [0.25, 0.3) is 0 Å². The van der Waals surface area contributed by atoms with E-state index in [0.29, 0.717) is 1.93 Å². The molecule has 25 heavy (non-hydrogen) atoms. The highest BCUT2D eigenvalue weighted by Crippen LogP contribution is 2.79. The number of rotatable bonds is 7. The van der Waals surface area contributed by atoms with Crippen LogP contribution in [0.4, 0.5) is 0 Å². The molecule has 0 saturated carbocycles. The van der Waals surface area contributed by atoms with E-state index >= 15 is 0 Å². The Morgan fingerprint density at radius 1 is 0.400 bits per heavy atom. The Balaban J connectivity index is 6.75. The molecule has 0 nitrogen and oxygen atoms in total. The summed E-state index contributed by atoms with van der Waals surface area (Å²) in [7, 11) is 0. The highest BCUT2D eigenvalue weighted by molar-refractivity contribution is 14.3. The first-order valence-corrected chi connectivity index (χ1v) is 23.7. The first-order valence-electron chi connectivity index (χ1n) is 5.06. The van der Waals surface area contributed by atoms with Crippen LogP contribution < -0.4 is 0 Å². The second-order valence-electron chi connectivity index (χ2n) is 4.30. The molecule has 0 N–H and O–H groups in total. The molecule has 0 aliphatic carbocycles. The maximum absolute atomic E-state index is 2.76. The van der Waals surface area contributed by atoms with Crippen molar-refractivity contribution in [2.45, 2.75) is 9.94 Å². The van der Waals surface area contributed by atoms with Crippen molar-refractivity contribution in [3.63, 3.8) is 0 Å². The van der Waals surface area contributed by atoms with Crippen molar-refractivity contribution in [2.75, 3.05) is 0 Å². The van der Waals surface area contributed by atoms with E-state index in [9.17, 15) is 0 Å². The smallest absolute Gasteiger partial charge is 0.0700 e. The lowest BCUT2D eigenvalue weighted by molar-refractivity contribution is 0.642. The average molecular weight is 2250 g/mol. The molecule has 0 spiro atoms. The summed E-state index contributed by atoms with van der Waals surface area (Å²) in [5.41, 5.74) is 0. The molecule has 0 unspecified atom stereocenters. The fourth-order valence-corrected chi connectivity index (χ4v) is 32.2. The summed E-state index contributed by atoms with van der Waals surface area (Å²) in [5, 5.41) is 0. The first-order chi connectivity index (χ1) is 10.4. The predicted molar refractivity (Wildman–Crippen MR) is 261 cm³/mol. The van der Waals surface area contributed by atoms with Crippen LogP contribution >= 0.6 is 384 Å². The highest BCUT2D eigenvalue weighted by atomic mass is 127. The maximum atomic E-state index is 2.76. The van der Waals surface area contributed by atoms with Gasteiger partial charge in [-0.25, -0.2) is 0 Å². The fraction of sp³-hybridized carbons (Fsp3) is 1.00. The Hall–Kier alpha value is 12.4. The zero-order chi connectivity index (χ0) is 21.1. The van der Waals surface area contributed by atoms with Crippen molar-refractivity contribution < 1.29 is 0 Å². The molecule has 0 aliphatic heterocycles. The van der Waals surface area contributed by atoms with Gasteiger partial charge in [-0.15, -0.1) is 0 Å². The Labute approximate surface area is 381 Å². The Bertz CT molecular complexity index is 464. The lowest BCUT2D eigenvalue weighted by Crippen LogP contribution is -2.69. The van der Waals surface area contributed by atoms with Gasteiger partial charge in [-0.05, 0) is 0 Å². The van der Waals surface area contributed by atoms with E-state index in [2.05, 4.69) is 384 Å². The van der Waals surface area contributed by atoms with E-state index in [4.69, 9.17) is 0 Å². The van der Waals surface area contributed by atoms with Crippen LogP contribution in [0.2, 0.25) is 0 Å². The molecule has 152 valence electrons. The Kier molecular flexibility index (Phi) is 20.7. The molecular weight excluding hydrogens is 2250 g/mol. The summed E-state index contributed by atoms with van der Waals surface area (Å²) in [6, 6.07) is 0. The van der Waals surface area contributed by atoms with Crippen LogP contribution in [0.5, 0.6) is 0 Å². The van der Waals surface area contributed by atoms with Gasteiger partial charge in [0.1, 0.15) is 8.01 Å². The van der Waals surface area contributed by atoms with E-state index in [0.717, 1.165) is 0 Å². The van der Waals surface area contributed by atoms with E-state index in [1.54, 1.807) is 0 Å². The molecule has 0 saturated heterocycles. The van der Waals surface area contributed by atoms with Gasteiger partial charge in [-0.2, -0.15) is 0 Å². The third-order valence-corrected chi connectivity index (χ3v) is 49.9. The summed E-state index contributed by atoms with van der Waals surface area (Å²) in [6.07, 6.45) is 0. The minimum Gasteiger partial charge on any atom is -0.0700 e. The van der Waals surface area contributed by atoms with Gasteiger partial charge in [-0.3, -0.25) is 0 Å². The standard InChI is InChI=1S/C8HI17/c9-1(10)2(11,12)4(14,15)6(18,19)5(16,17)3(13,7(20,21)22)8(23,24)25/h1H. The molecule has 0 fully saturated rings. The van der Waals surface area contributed by atoms with Crippen molar-refractivity contribution in [1.29, 1.82) is 0 Å². The van der Waals surface area contributed by atoms with Crippen LogP contribution in [0, 0.1) is 0 Å². The molecule has 0 amide bonds. The van der Waals surface area contributed by atoms with Gasteiger partial charge >= 0.3 is 0 Å². The van der Waals surface area contributed by atoms with Crippen LogP contribution in [0.3, 0.4) is 0 Å². The van der Waals surface area contributed by atoms with E-state index < -0.39 is 0 Å². The molecule has 0 aromatic rings. The third kappa shape index (κ3) is 8.22. The molecular formula is C8HI17. The van der Waals surface area contributed by atoms with Gasteiger partial charge < -0.3 is 0 Å². The monoisotopic (exact) mass is 2250 g/mol. The number of halogens is 17. The Morgan fingerprint density at radius 3 is 0.880 bits per heavy atom. The SMILES string of the molecule is IC(I)C(I)(I)C(I)(I)C(I)(I)C(I)(I)C(I)(C(I)(I)I)C(I)(I)I. The summed E-state index contributed by atoms with van der Waals surface area (Å²) in [4.78, 5) is 0. The summed E-state index contributed by atoms with van der Waals surface area (Å²) < 4.78 is 0.673. The summed E-state index contributed by atoms with van der Waals surface area (Å²) in [5.74, 6) is 0. The molecule has 0 aromatic carbocycles. The largest absolute Gasteiger partial charge is 0.143 e. The quantitative estimate of drug-likeness (QED) is 0.176. The van der Waals surface area contributed by atoms with Gasteiger partial charge in [-0.1, -0.05) is 384 Å². The molecule has 0 aromatic heterocycles. The summed E-state index contributed by atoms with van der Waals surface area (Å²) in [6.45, 7) is 0. The maximum Gasteiger partial charge on any atom is 0.143 e. The van der Waals surface area contributed by atoms with Crippen LogP contribution in [0.1, 0.15) is 0 Å². The highest BCUT2D eigenvalue weighted by Gasteiger charge is 2.77. The lowest BCUT2D eigenvalue weighted by Gasteiger charge is -2.59. The van der Waals surface area contributed by atoms with Crippen molar-refractivity contribution in [1.82, 2.24) is 0 Å². The topological polar surface area (TPSA) is 0 Å². The van der Waals surface area contributed by atoms with E-state index in [1.165, 1.54) is 0 Å². The van der Waals surface area contributed by atoms with Crippen LogP contribution in [0.25, 0.3) is 0 Å². The van der Waals surface area contributed by atoms with Crippen LogP contribution in [-0.2, 0) is 0 Å². The predicted octanol–water partition coefficient (Wildman–Crippen LogP) is 13.5. The van der Waals surface area contributed by atoms with Gasteiger partial charge in [0.2, 0.25) is 0 Å².